The molecule has 1 heterocycles. The minimum Gasteiger partial charge on any atom is -0.399 e. The van der Waals surface area contributed by atoms with E-state index in [-0.39, 0.29) is 11.2 Å². The summed E-state index contributed by atoms with van der Waals surface area (Å²) in [6, 6.07) is 7.53. The second-order valence-corrected chi connectivity index (χ2v) is 7.22. The molecule has 4 nitrogen and oxygen atoms in total. The Morgan fingerprint density at radius 2 is 1.78 bits per heavy atom. The number of sulfone groups is 1. The van der Waals surface area contributed by atoms with Gasteiger partial charge >= 0.3 is 0 Å². The van der Waals surface area contributed by atoms with Crippen molar-refractivity contribution >= 4 is 15.5 Å². The summed E-state index contributed by atoms with van der Waals surface area (Å²) in [4.78, 5) is 0. The fourth-order valence-corrected chi connectivity index (χ4v) is 4.08. The van der Waals surface area contributed by atoms with E-state index in [4.69, 9.17) is 10.5 Å². The molecule has 0 bridgehead atoms. The average molecular weight is 269 g/mol. The molecular formula is C13H19NO3S. The normalized spacial score (nSPS) is 19.6. The molecule has 1 saturated heterocycles. The molecular weight excluding hydrogens is 250 g/mol. The first kappa shape index (κ1) is 13.4. The molecule has 1 fully saturated rings. The van der Waals surface area contributed by atoms with Gasteiger partial charge in [-0.3, -0.25) is 0 Å². The van der Waals surface area contributed by atoms with Crippen molar-refractivity contribution in [2.45, 2.75) is 18.3 Å². The molecule has 0 amide bonds. The van der Waals surface area contributed by atoms with Crippen LogP contribution in [0.1, 0.15) is 18.4 Å². The summed E-state index contributed by atoms with van der Waals surface area (Å²) < 4.78 is 28.7. The van der Waals surface area contributed by atoms with E-state index < -0.39 is 9.84 Å². The summed E-state index contributed by atoms with van der Waals surface area (Å²) in [7, 11) is -3.03. The van der Waals surface area contributed by atoms with Crippen molar-refractivity contribution in [2.75, 3.05) is 31.0 Å². The number of nitrogens with two attached hydrogens (primary N) is 1. The molecule has 0 aliphatic carbocycles. The van der Waals surface area contributed by atoms with Crippen LogP contribution < -0.4 is 5.73 Å². The van der Waals surface area contributed by atoms with Gasteiger partial charge in [-0.15, -0.1) is 0 Å². The molecule has 0 atom stereocenters. The Hall–Kier alpha value is -1.07. The minimum atomic E-state index is -3.03. The van der Waals surface area contributed by atoms with Gasteiger partial charge in [-0.1, -0.05) is 12.1 Å². The SMILES string of the molecule is CS(=O)(=O)CC1(c2ccc(N)cc2)CCOCC1. The molecule has 0 unspecified atom stereocenters. The Morgan fingerprint density at radius 1 is 1.22 bits per heavy atom. The Bertz CT molecular complexity index is 502. The van der Waals surface area contributed by atoms with Gasteiger partial charge in [-0.05, 0) is 30.5 Å². The lowest BCUT2D eigenvalue weighted by molar-refractivity contribution is 0.0575. The van der Waals surface area contributed by atoms with Crippen LogP contribution in [-0.4, -0.2) is 33.6 Å². The average Bonchev–Trinajstić information content (AvgIpc) is 2.28. The van der Waals surface area contributed by atoms with Gasteiger partial charge in [0, 0.05) is 30.6 Å². The van der Waals surface area contributed by atoms with Crippen LogP contribution in [0.15, 0.2) is 24.3 Å². The molecule has 1 aliphatic rings. The molecule has 100 valence electrons. The van der Waals surface area contributed by atoms with Gasteiger partial charge in [0.05, 0.1) is 5.75 Å². The maximum Gasteiger partial charge on any atom is 0.148 e. The quantitative estimate of drug-likeness (QED) is 0.841. The number of hydrogen-bond donors (Lipinski definition) is 1. The van der Waals surface area contributed by atoms with Gasteiger partial charge in [-0.25, -0.2) is 8.42 Å². The number of benzene rings is 1. The zero-order valence-electron chi connectivity index (χ0n) is 10.6. The highest BCUT2D eigenvalue weighted by Gasteiger charge is 2.37. The number of nitrogen functional groups attached to an aromatic ring is 1. The lowest BCUT2D eigenvalue weighted by atomic mass is 9.76. The Labute approximate surface area is 108 Å². The summed E-state index contributed by atoms with van der Waals surface area (Å²) in [6.07, 6.45) is 2.77. The summed E-state index contributed by atoms with van der Waals surface area (Å²) >= 11 is 0. The minimum absolute atomic E-state index is 0.174. The number of hydrogen-bond acceptors (Lipinski definition) is 4. The van der Waals surface area contributed by atoms with Crippen molar-refractivity contribution in [3.8, 4) is 0 Å². The molecule has 0 radical (unpaired) electrons. The van der Waals surface area contributed by atoms with Crippen molar-refractivity contribution in [3.05, 3.63) is 29.8 Å². The second kappa shape index (κ2) is 4.90. The van der Waals surface area contributed by atoms with Gasteiger partial charge in [0.15, 0.2) is 0 Å². The third kappa shape index (κ3) is 3.03. The van der Waals surface area contributed by atoms with E-state index in [1.54, 1.807) is 0 Å². The van der Waals surface area contributed by atoms with Gasteiger partial charge in [0.1, 0.15) is 9.84 Å². The molecule has 5 heteroatoms. The fraction of sp³-hybridized carbons (Fsp3) is 0.538. The lowest BCUT2D eigenvalue weighted by Crippen LogP contribution is -2.39. The molecule has 0 spiro atoms. The third-order valence-electron chi connectivity index (χ3n) is 3.51. The second-order valence-electron chi connectivity index (χ2n) is 5.08. The van der Waals surface area contributed by atoms with E-state index >= 15 is 0 Å². The first-order valence-corrected chi connectivity index (χ1v) is 8.09. The van der Waals surface area contributed by atoms with Crippen molar-refractivity contribution in [2.24, 2.45) is 0 Å². The zero-order chi connectivity index (χ0) is 13.2. The summed E-state index contributed by atoms with van der Waals surface area (Å²) in [5.41, 5.74) is 7.11. The first-order chi connectivity index (χ1) is 8.41. The van der Waals surface area contributed by atoms with Crippen LogP contribution in [-0.2, 0) is 20.0 Å². The van der Waals surface area contributed by atoms with Crippen LogP contribution in [0.25, 0.3) is 0 Å². The fourth-order valence-electron chi connectivity index (χ4n) is 2.62. The van der Waals surface area contributed by atoms with Gasteiger partial charge < -0.3 is 10.5 Å². The summed E-state index contributed by atoms with van der Waals surface area (Å²) in [5, 5.41) is 0. The van der Waals surface area contributed by atoms with Crippen molar-refractivity contribution in [3.63, 3.8) is 0 Å². The van der Waals surface area contributed by atoms with Crippen molar-refractivity contribution < 1.29 is 13.2 Å². The van der Waals surface area contributed by atoms with Gasteiger partial charge in [0.2, 0.25) is 0 Å². The van der Waals surface area contributed by atoms with Crippen LogP contribution in [0, 0.1) is 0 Å². The highest BCUT2D eigenvalue weighted by Crippen LogP contribution is 2.36. The van der Waals surface area contributed by atoms with E-state index in [9.17, 15) is 8.42 Å². The van der Waals surface area contributed by atoms with Crippen LogP contribution in [0.5, 0.6) is 0 Å². The molecule has 1 aliphatic heterocycles. The third-order valence-corrected chi connectivity index (χ3v) is 4.59. The van der Waals surface area contributed by atoms with Crippen molar-refractivity contribution in [1.82, 2.24) is 0 Å². The molecule has 2 N–H and O–H groups in total. The van der Waals surface area contributed by atoms with Crippen LogP contribution in [0.3, 0.4) is 0 Å². The lowest BCUT2D eigenvalue weighted by Gasteiger charge is -2.37. The van der Waals surface area contributed by atoms with E-state index in [1.807, 2.05) is 24.3 Å². The molecule has 0 aromatic heterocycles. The van der Waals surface area contributed by atoms with Crippen LogP contribution >= 0.6 is 0 Å². The Balaban J connectivity index is 2.38. The summed E-state index contributed by atoms with van der Waals surface area (Å²) in [6.45, 7) is 1.22. The number of rotatable bonds is 3. The number of ether oxygens (including phenoxy) is 1. The predicted octanol–water partition coefficient (Wildman–Crippen LogP) is 1.36. The van der Waals surface area contributed by atoms with E-state index in [2.05, 4.69) is 0 Å². The predicted molar refractivity (Wildman–Crippen MR) is 72.3 cm³/mol. The molecule has 0 saturated carbocycles. The van der Waals surface area contributed by atoms with Crippen LogP contribution in [0.4, 0.5) is 5.69 Å². The Morgan fingerprint density at radius 3 is 2.28 bits per heavy atom. The van der Waals surface area contributed by atoms with Gasteiger partial charge in [-0.2, -0.15) is 0 Å². The molecule has 18 heavy (non-hydrogen) atoms. The first-order valence-electron chi connectivity index (χ1n) is 6.03. The largest absolute Gasteiger partial charge is 0.399 e. The maximum atomic E-state index is 11.7. The molecule has 1 aromatic rings. The monoisotopic (exact) mass is 269 g/mol. The highest BCUT2D eigenvalue weighted by atomic mass is 32.2. The van der Waals surface area contributed by atoms with Crippen LogP contribution in [0.2, 0.25) is 0 Å². The smallest absolute Gasteiger partial charge is 0.148 e. The maximum absolute atomic E-state index is 11.7. The number of anilines is 1. The zero-order valence-corrected chi connectivity index (χ0v) is 11.4. The topological polar surface area (TPSA) is 69.4 Å². The van der Waals surface area contributed by atoms with E-state index in [1.165, 1.54) is 6.26 Å². The Kier molecular flexibility index (Phi) is 3.64. The highest BCUT2D eigenvalue weighted by molar-refractivity contribution is 7.90. The van der Waals surface area contributed by atoms with E-state index in [0.29, 0.717) is 18.9 Å². The summed E-state index contributed by atoms with van der Waals surface area (Å²) in [5.74, 6) is 0.174. The standard InChI is InChI=1S/C13H19NO3S/c1-18(15,16)10-13(6-8-17-9-7-13)11-2-4-12(14)5-3-11/h2-5H,6-10,14H2,1H3. The van der Waals surface area contributed by atoms with E-state index in [0.717, 1.165) is 18.4 Å². The molecule has 1 aromatic carbocycles. The van der Waals surface area contributed by atoms with Crippen molar-refractivity contribution in [1.29, 1.82) is 0 Å². The van der Waals surface area contributed by atoms with Gasteiger partial charge in [0.25, 0.3) is 0 Å². The molecule has 2 rings (SSSR count).